The summed E-state index contributed by atoms with van der Waals surface area (Å²) < 4.78 is 5.09. The molecule has 3 rings (SSSR count). The number of piperazine rings is 1. The second-order valence-corrected chi connectivity index (χ2v) is 4.59. The zero-order chi connectivity index (χ0) is 12.2. The van der Waals surface area contributed by atoms with Gasteiger partial charge in [-0.25, -0.2) is 0 Å². The van der Waals surface area contributed by atoms with Crippen LogP contribution in [0.15, 0.2) is 47.4 Å². The lowest BCUT2D eigenvalue weighted by atomic mass is 10.0. The minimum Gasteiger partial charge on any atom is -0.449 e. The summed E-state index contributed by atoms with van der Waals surface area (Å²) in [6, 6.07) is 11.0. The van der Waals surface area contributed by atoms with E-state index in [9.17, 15) is 0 Å². The molecule has 0 bridgehead atoms. The van der Waals surface area contributed by atoms with E-state index < -0.39 is 0 Å². The van der Waals surface area contributed by atoms with E-state index in [1.165, 1.54) is 12.0 Å². The zero-order valence-corrected chi connectivity index (χ0v) is 10.2. The number of nitrogens with zero attached hydrogens (tertiary/aromatic N) is 2. The standard InChI is InChI=1S/C14H17N3O/c1-2-4-12(5-3-1)8-13-9-15-6-7-17(13)14-10-18-11-16-14/h1-5,10-11,13,15H,6-9H2. The van der Waals surface area contributed by atoms with E-state index in [1.807, 2.05) is 0 Å². The van der Waals surface area contributed by atoms with Crippen molar-refractivity contribution < 1.29 is 4.42 Å². The third-order valence-electron chi connectivity index (χ3n) is 3.38. The van der Waals surface area contributed by atoms with Crippen molar-refractivity contribution in [3.8, 4) is 0 Å². The minimum atomic E-state index is 0.436. The molecule has 0 saturated carbocycles. The van der Waals surface area contributed by atoms with Crippen LogP contribution in [0, 0.1) is 0 Å². The van der Waals surface area contributed by atoms with Crippen LogP contribution in [0.3, 0.4) is 0 Å². The Morgan fingerprint density at radius 2 is 2.22 bits per heavy atom. The lowest BCUT2D eigenvalue weighted by molar-refractivity contribution is 0.469. The summed E-state index contributed by atoms with van der Waals surface area (Å²) in [4.78, 5) is 6.59. The molecule has 1 fully saturated rings. The predicted molar refractivity (Wildman–Crippen MR) is 70.7 cm³/mol. The molecule has 18 heavy (non-hydrogen) atoms. The maximum absolute atomic E-state index is 5.09. The summed E-state index contributed by atoms with van der Waals surface area (Å²) in [6.45, 7) is 2.96. The number of nitrogens with one attached hydrogen (secondary N) is 1. The predicted octanol–water partition coefficient (Wildman–Crippen LogP) is 1.70. The van der Waals surface area contributed by atoms with Gasteiger partial charge in [-0.15, -0.1) is 0 Å². The molecule has 0 radical (unpaired) electrons. The Labute approximate surface area is 107 Å². The minimum absolute atomic E-state index is 0.436. The number of aromatic nitrogens is 1. The number of benzene rings is 1. The highest BCUT2D eigenvalue weighted by Gasteiger charge is 2.24. The number of rotatable bonds is 3. The fourth-order valence-electron chi connectivity index (χ4n) is 2.48. The SMILES string of the molecule is c1ccc(CC2CNCCN2c2cocn2)cc1. The van der Waals surface area contributed by atoms with Crippen LogP contribution in [0.25, 0.3) is 0 Å². The smallest absolute Gasteiger partial charge is 0.182 e. The summed E-state index contributed by atoms with van der Waals surface area (Å²) in [5, 5.41) is 3.45. The highest BCUT2D eigenvalue weighted by atomic mass is 16.3. The first-order valence-corrected chi connectivity index (χ1v) is 6.33. The Bertz CT molecular complexity index is 469. The molecule has 94 valence electrons. The van der Waals surface area contributed by atoms with Crippen LogP contribution in [0.5, 0.6) is 0 Å². The van der Waals surface area contributed by atoms with Crippen LogP contribution >= 0.6 is 0 Å². The third-order valence-corrected chi connectivity index (χ3v) is 3.38. The highest BCUT2D eigenvalue weighted by Crippen LogP contribution is 2.18. The van der Waals surface area contributed by atoms with E-state index in [4.69, 9.17) is 4.42 Å². The van der Waals surface area contributed by atoms with Crippen molar-refractivity contribution >= 4 is 5.82 Å². The Balaban J connectivity index is 1.76. The van der Waals surface area contributed by atoms with Crippen molar-refractivity contribution in [1.82, 2.24) is 10.3 Å². The molecule has 4 heteroatoms. The van der Waals surface area contributed by atoms with Gasteiger partial charge in [0.2, 0.25) is 0 Å². The van der Waals surface area contributed by atoms with Gasteiger partial charge >= 0.3 is 0 Å². The third kappa shape index (κ3) is 2.38. The summed E-state index contributed by atoms with van der Waals surface area (Å²) in [6.07, 6.45) is 4.25. The Morgan fingerprint density at radius 3 is 3.00 bits per heavy atom. The van der Waals surface area contributed by atoms with Crippen molar-refractivity contribution in [3.05, 3.63) is 48.6 Å². The first kappa shape index (κ1) is 11.3. The molecule has 0 spiro atoms. The molecular weight excluding hydrogens is 226 g/mol. The molecule has 1 aliphatic heterocycles. The molecule has 1 saturated heterocycles. The summed E-state index contributed by atoms with van der Waals surface area (Å²) >= 11 is 0. The van der Waals surface area contributed by atoms with Crippen molar-refractivity contribution in [1.29, 1.82) is 0 Å². The van der Waals surface area contributed by atoms with Gasteiger partial charge in [-0.3, -0.25) is 0 Å². The molecule has 4 nitrogen and oxygen atoms in total. The lowest BCUT2D eigenvalue weighted by Gasteiger charge is -2.36. The molecule has 2 heterocycles. The first-order valence-electron chi connectivity index (χ1n) is 6.33. The molecule has 1 atom stereocenters. The van der Waals surface area contributed by atoms with E-state index in [0.29, 0.717) is 6.04 Å². The second kappa shape index (κ2) is 5.23. The van der Waals surface area contributed by atoms with Crippen LogP contribution in [0.1, 0.15) is 5.56 Å². The Kier molecular flexibility index (Phi) is 3.28. The average Bonchev–Trinajstić information content (AvgIpc) is 2.94. The summed E-state index contributed by atoms with van der Waals surface area (Å²) in [7, 11) is 0. The quantitative estimate of drug-likeness (QED) is 0.890. The van der Waals surface area contributed by atoms with Gasteiger partial charge in [0.15, 0.2) is 12.2 Å². The van der Waals surface area contributed by atoms with Gasteiger partial charge in [-0.1, -0.05) is 30.3 Å². The molecule has 1 aromatic heterocycles. The normalized spacial score (nSPS) is 20.0. The van der Waals surface area contributed by atoms with E-state index in [-0.39, 0.29) is 0 Å². The monoisotopic (exact) mass is 243 g/mol. The van der Waals surface area contributed by atoms with Gasteiger partial charge in [0, 0.05) is 25.7 Å². The van der Waals surface area contributed by atoms with E-state index in [0.717, 1.165) is 31.9 Å². The molecule has 1 unspecified atom stereocenters. The van der Waals surface area contributed by atoms with E-state index in [1.54, 1.807) is 6.26 Å². The largest absolute Gasteiger partial charge is 0.449 e. The highest BCUT2D eigenvalue weighted by molar-refractivity contribution is 5.38. The number of hydrogen-bond donors (Lipinski definition) is 1. The maximum atomic E-state index is 5.09. The first-order chi connectivity index (χ1) is 8.93. The number of oxazole rings is 1. The summed E-state index contributed by atoms with van der Waals surface area (Å²) in [5.41, 5.74) is 1.36. The van der Waals surface area contributed by atoms with Crippen LogP contribution < -0.4 is 10.2 Å². The molecule has 0 aliphatic carbocycles. The maximum Gasteiger partial charge on any atom is 0.182 e. The fourth-order valence-corrected chi connectivity index (χ4v) is 2.48. The second-order valence-electron chi connectivity index (χ2n) is 4.59. The van der Waals surface area contributed by atoms with Crippen molar-refractivity contribution in [2.75, 3.05) is 24.5 Å². The van der Waals surface area contributed by atoms with Crippen LogP contribution in [-0.2, 0) is 6.42 Å². The lowest BCUT2D eigenvalue weighted by Crippen LogP contribution is -2.52. The van der Waals surface area contributed by atoms with Gasteiger partial charge in [0.05, 0.1) is 0 Å². The van der Waals surface area contributed by atoms with Crippen LogP contribution in [-0.4, -0.2) is 30.7 Å². The van der Waals surface area contributed by atoms with Crippen molar-refractivity contribution in [2.45, 2.75) is 12.5 Å². The zero-order valence-electron chi connectivity index (χ0n) is 10.2. The number of anilines is 1. The topological polar surface area (TPSA) is 41.3 Å². The molecule has 0 amide bonds. The molecule has 1 N–H and O–H groups in total. The van der Waals surface area contributed by atoms with E-state index >= 15 is 0 Å². The van der Waals surface area contributed by atoms with Crippen LogP contribution in [0.2, 0.25) is 0 Å². The van der Waals surface area contributed by atoms with Gasteiger partial charge in [0.25, 0.3) is 0 Å². The Morgan fingerprint density at radius 1 is 1.33 bits per heavy atom. The van der Waals surface area contributed by atoms with E-state index in [2.05, 4.69) is 45.5 Å². The average molecular weight is 243 g/mol. The van der Waals surface area contributed by atoms with Crippen molar-refractivity contribution in [2.24, 2.45) is 0 Å². The molecular formula is C14H17N3O. The molecule has 1 aliphatic rings. The fraction of sp³-hybridized carbons (Fsp3) is 0.357. The molecule has 1 aromatic carbocycles. The number of hydrogen-bond acceptors (Lipinski definition) is 4. The Hall–Kier alpha value is -1.81. The van der Waals surface area contributed by atoms with Gasteiger partial charge in [-0.05, 0) is 12.0 Å². The van der Waals surface area contributed by atoms with Gasteiger partial charge < -0.3 is 14.6 Å². The van der Waals surface area contributed by atoms with Gasteiger partial charge in [0.1, 0.15) is 6.26 Å². The molecule has 2 aromatic rings. The van der Waals surface area contributed by atoms with Crippen molar-refractivity contribution in [3.63, 3.8) is 0 Å². The summed E-state index contributed by atoms with van der Waals surface area (Å²) in [5.74, 6) is 0.942. The van der Waals surface area contributed by atoms with Crippen LogP contribution in [0.4, 0.5) is 5.82 Å². The van der Waals surface area contributed by atoms with Gasteiger partial charge in [-0.2, -0.15) is 4.98 Å².